The Labute approximate surface area is 171 Å². The molecular weight excluding hydrogens is 372 g/mol. The zero-order valence-electron chi connectivity index (χ0n) is 16.6. The smallest absolute Gasteiger partial charge is 0.263 e. The van der Waals surface area contributed by atoms with Crippen LogP contribution in [-0.2, 0) is 12.8 Å². The molecule has 2 aliphatic rings. The Morgan fingerprint density at radius 2 is 1.89 bits per heavy atom. The first-order valence-corrected chi connectivity index (χ1v) is 12.8. The van der Waals surface area contributed by atoms with E-state index in [-0.39, 0.29) is 5.56 Å². The second kappa shape index (κ2) is 9.13. The first kappa shape index (κ1) is 19.5. The third kappa shape index (κ3) is 4.14. The molecule has 0 amide bonds. The monoisotopic (exact) mass is 404 g/mol. The number of fused-ring (bicyclic) bond motifs is 3. The minimum atomic E-state index is 0.264. The largest absolute Gasteiger partial charge is 0.284 e. The zero-order valence-corrected chi connectivity index (χ0v) is 18.2. The molecule has 0 N–H and O–H groups in total. The topological polar surface area (TPSA) is 34.9 Å². The van der Waals surface area contributed by atoms with Gasteiger partial charge in [-0.2, -0.15) is 0 Å². The van der Waals surface area contributed by atoms with Gasteiger partial charge in [0.1, 0.15) is 4.83 Å². The van der Waals surface area contributed by atoms with E-state index in [9.17, 15) is 4.79 Å². The molecule has 2 aliphatic carbocycles. The van der Waals surface area contributed by atoms with Gasteiger partial charge < -0.3 is 0 Å². The molecule has 148 valence electrons. The first-order chi connectivity index (χ1) is 13.3. The van der Waals surface area contributed by atoms with E-state index in [1.807, 2.05) is 11.8 Å². The summed E-state index contributed by atoms with van der Waals surface area (Å²) in [5.41, 5.74) is 1.59. The van der Waals surface area contributed by atoms with Gasteiger partial charge in [0.15, 0.2) is 5.16 Å². The van der Waals surface area contributed by atoms with Gasteiger partial charge >= 0.3 is 0 Å². The Morgan fingerprint density at radius 1 is 1.07 bits per heavy atom. The second-order valence-electron chi connectivity index (χ2n) is 8.16. The van der Waals surface area contributed by atoms with Crippen molar-refractivity contribution >= 4 is 33.3 Å². The lowest BCUT2D eigenvalue weighted by Gasteiger charge is -2.26. The number of thioether (sulfide) groups is 1. The molecule has 3 nitrogen and oxygen atoms in total. The van der Waals surface area contributed by atoms with Crippen LogP contribution in [0.1, 0.15) is 94.0 Å². The van der Waals surface area contributed by atoms with E-state index in [0.717, 1.165) is 46.8 Å². The maximum atomic E-state index is 13.6. The molecule has 0 unspecified atom stereocenters. The van der Waals surface area contributed by atoms with Gasteiger partial charge in [-0.15, -0.1) is 11.3 Å². The van der Waals surface area contributed by atoms with E-state index in [1.54, 1.807) is 11.3 Å². The van der Waals surface area contributed by atoms with E-state index in [4.69, 9.17) is 4.98 Å². The average Bonchev–Trinajstić information content (AvgIpc) is 3.26. The third-order valence-corrected chi connectivity index (χ3v) is 8.38. The quantitative estimate of drug-likeness (QED) is 0.285. The molecule has 2 heterocycles. The summed E-state index contributed by atoms with van der Waals surface area (Å²) in [6, 6.07) is 0.364. The van der Waals surface area contributed by atoms with Crippen molar-refractivity contribution in [3.05, 3.63) is 20.8 Å². The van der Waals surface area contributed by atoms with Crippen molar-refractivity contribution < 1.29 is 0 Å². The van der Waals surface area contributed by atoms with Crippen LogP contribution in [0.25, 0.3) is 10.2 Å². The lowest BCUT2D eigenvalue weighted by molar-refractivity contribution is 0.326. The molecule has 0 saturated heterocycles. The number of hydrogen-bond donors (Lipinski definition) is 0. The minimum Gasteiger partial charge on any atom is -0.284 e. The van der Waals surface area contributed by atoms with Crippen LogP contribution in [0, 0.1) is 0 Å². The number of hydrogen-bond acceptors (Lipinski definition) is 4. The molecule has 0 bridgehead atoms. The number of aromatic nitrogens is 2. The third-order valence-electron chi connectivity index (χ3n) is 6.16. The summed E-state index contributed by atoms with van der Waals surface area (Å²) in [5.74, 6) is 1.08. The highest BCUT2D eigenvalue weighted by Crippen LogP contribution is 2.37. The minimum absolute atomic E-state index is 0.264. The maximum Gasteiger partial charge on any atom is 0.263 e. The normalized spacial score (nSPS) is 17.7. The summed E-state index contributed by atoms with van der Waals surface area (Å²) in [4.78, 5) is 21.0. The van der Waals surface area contributed by atoms with Crippen LogP contribution in [0.3, 0.4) is 0 Å². The van der Waals surface area contributed by atoms with Gasteiger partial charge in [0.2, 0.25) is 0 Å². The van der Waals surface area contributed by atoms with Crippen LogP contribution in [-0.4, -0.2) is 15.3 Å². The Kier molecular flexibility index (Phi) is 6.59. The van der Waals surface area contributed by atoms with Crippen molar-refractivity contribution in [3.8, 4) is 0 Å². The van der Waals surface area contributed by atoms with Crippen LogP contribution >= 0.6 is 23.1 Å². The van der Waals surface area contributed by atoms with Crippen LogP contribution in [0.2, 0.25) is 0 Å². The predicted octanol–water partition coefficient (Wildman–Crippen LogP) is 6.51. The number of nitrogens with zero attached hydrogens (tertiary/aromatic N) is 2. The molecule has 2 aromatic heterocycles. The molecule has 5 heteroatoms. The standard InChI is InChI=1S/C22H32N2OS2/c1-2-3-4-5-9-15-26-22-23-20-19(17-13-10-14-18(17)27-20)21(25)24(22)16-11-7-6-8-12-16/h16H,2-15H2,1H3. The van der Waals surface area contributed by atoms with Crippen molar-refractivity contribution in [2.45, 2.75) is 102 Å². The number of unbranched alkanes of at least 4 members (excludes halogenated alkanes) is 4. The molecule has 0 spiro atoms. The van der Waals surface area contributed by atoms with Crippen molar-refractivity contribution in [2.24, 2.45) is 0 Å². The molecule has 0 radical (unpaired) electrons. The highest BCUT2D eigenvalue weighted by Gasteiger charge is 2.26. The Balaban J connectivity index is 1.63. The van der Waals surface area contributed by atoms with Gasteiger partial charge in [-0.05, 0) is 44.1 Å². The molecule has 4 rings (SSSR count). The van der Waals surface area contributed by atoms with Crippen molar-refractivity contribution in [3.63, 3.8) is 0 Å². The van der Waals surface area contributed by atoms with E-state index in [2.05, 4.69) is 11.5 Å². The van der Waals surface area contributed by atoms with Crippen LogP contribution < -0.4 is 5.56 Å². The fraction of sp³-hybridized carbons (Fsp3) is 0.727. The van der Waals surface area contributed by atoms with Crippen molar-refractivity contribution in [1.29, 1.82) is 0 Å². The van der Waals surface area contributed by atoms with Gasteiger partial charge in [-0.25, -0.2) is 4.98 Å². The average molecular weight is 405 g/mol. The summed E-state index contributed by atoms with van der Waals surface area (Å²) in [7, 11) is 0. The summed E-state index contributed by atoms with van der Waals surface area (Å²) in [5, 5.41) is 1.96. The van der Waals surface area contributed by atoms with E-state index < -0.39 is 0 Å². The fourth-order valence-electron chi connectivity index (χ4n) is 4.67. The summed E-state index contributed by atoms with van der Waals surface area (Å²) < 4.78 is 2.11. The number of rotatable bonds is 8. The van der Waals surface area contributed by atoms with Crippen molar-refractivity contribution in [1.82, 2.24) is 9.55 Å². The molecule has 2 aromatic rings. The SMILES string of the molecule is CCCCCCCSc1nc2sc3c(c2c(=O)n1C1CCCCC1)CCC3. The summed E-state index contributed by atoms with van der Waals surface area (Å²) >= 11 is 3.61. The van der Waals surface area contributed by atoms with Crippen LogP contribution in [0.5, 0.6) is 0 Å². The first-order valence-electron chi connectivity index (χ1n) is 11.0. The molecule has 1 fully saturated rings. The van der Waals surface area contributed by atoms with Gasteiger partial charge in [0.25, 0.3) is 5.56 Å². The Hall–Kier alpha value is -0.810. The lowest BCUT2D eigenvalue weighted by atomic mass is 9.95. The van der Waals surface area contributed by atoms with Gasteiger partial charge in [0, 0.05) is 16.7 Å². The molecular formula is C22H32N2OS2. The maximum absolute atomic E-state index is 13.6. The van der Waals surface area contributed by atoms with Gasteiger partial charge in [0.05, 0.1) is 5.39 Å². The summed E-state index contributed by atoms with van der Waals surface area (Å²) in [6.45, 7) is 2.26. The van der Waals surface area contributed by atoms with Crippen molar-refractivity contribution in [2.75, 3.05) is 5.75 Å². The molecule has 27 heavy (non-hydrogen) atoms. The second-order valence-corrected chi connectivity index (χ2v) is 10.3. The highest BCUT2D eigenvalue weighted by molar-refractivity contribution is 7.99. The Morgan fingerprint density at radius 3 is 2.70 bits per heavy atom. The van der Waals surface area contributed by atoms with E-state index in [1.165, 1.54) is 68.2 Å². The summed E-state index contributed by atoms with van der Waals surface area (Å²) in [6.07, 6.45) is 16.0. The highest BCUT2D eigenvalue weighted by atomic mass is 32.2. The van der Waals surface area contributed by atoms with E-state index >= 15 is 0 Å². The van der Waals surface area contributed by atoms with Crippen LogP contribution in [0.4, 0.5) is 0 Å². The predicted molar refractivity (Wildman–Crippen MR) is 118 cm³/mol. The van der Waals surface area contributed by atoms with E-state index in [0.29, 0.717) is 6.04 Å². The number of thiophene rings is 1. The lowest BCUT2D eigenvalue weighted by Crippen LogP contribution is -2.29. The fourth-order valence-corrected chi connectivity index (χ4v) is 7.04. The zero-order chi connectivity index (χ0) is 18.6. The van der Waals surface area contributed by atoms with Gasteiger partial charge in [-0.1, -0.05) is 63.6 Å². The van der Waals surface area contributed by atoms with Crippen LogP contribution in [0.15, 0.2) is 9.95 Å². The molecule has 0 aliphatic heterocycles. The number of aryl methyl sites for hydroxylation is 2. The van der Waals surface area contributed by atoms with Gasteiger partial charge in [-0.3, -0.25) is 9.36 Å². The molecule has 1 saturated carbocycles. The molecule has 0 aromatic carbocycles. The molecule has 0 atom stereocenters. The Bertz CT molecular complexity index is 833.